The van der Waals surface area contributed by atoms with Gasteiger partial charge in [-0.1, -0.05) is 18.5 Å². The average molecular weight is 274 g/mol. The molecule has 1 atom stereocenters. The van der Waals surface area contributed by atoms with Gasteiger partial charge < -0.3 is 5.32 Å². The van der Waals surface area contributed by atoms with Crippen LogP contribution in [0.4, 0.5) is 0 Å². The molecule has 1 amide bonds. The zero-order valence-electron chi connectivity index (χ0n) is 9.96. The number of hydrogen-bond donors (Lipinski definition) is 1. The molecule has 0 bridgehead atoms. The van der Waals surface area contributed by atoms with Crippen molar-refractivity contribution in [2.45, 2.75) is 39.2 Å². The Morgan fingerprint density at radius 3 is 2.65 bits per heavy atom. The highest BCUT2D eigenvalue weighted by Crippen LogP contribution is 2.22. The van der Waals surface area contributed by atoms with Crippen LogP contribution in [0.3, 0.4) is 0 Å². The van der Waals surface area contributed by atoms with Crippen molar-refractivity contribution in [3.8, 4) is 0 Å². The van der Waals surface area contributed by atoms with Gasteiger partial charge in [0.1, 0.15) is 0 Å². The topological polar surface area (TPSA) is 46.2 Å². The van der Waals surface area contributed by atoms with Crippen molar-refractivity contribution in [2.24, 2.45) is 0 Å². The second-order valence-corrected chi connectivity index (χ2v) is 5.62. The van der Waals surface area contributed by atoms with Gasteiger partial charge in [-0.2, -0.15) is 0 Å². The van der Waals surface area contributed by atoms with Gasteiger partial charge in [0, 0.05) is 18.9 Å². The largest absolute Gasteiger partial charge is 0.354 e. The van der Waals surface area contributed by atoms with Crippen molar-refractivity contribution >= 4 is 34.6 Å². The number of carbonyl (C=O) groups excluding carboxylic acids is 2. The molecule has 0 fully saturated rings. The smallest absolute Gasteiger partial charge is 0.220 e. The van der Waals surface area contributed by atoms with Crippen LogP contribution < -0.4 is 5.32 Å². The number of carbonyl (C=O) groups is 2. The number of Topliss-reactive ketones (excluding diaryl/α,β-unsaturated/α-hetero) is 1. The molecule has 0 aliphatic carbocycles. The van der Waals surface area contributed by atoms with Crippen molar-refractivity contribution < 1.29 is 9.59 Å². The minimum absolute atomic E-state index is 0.0267. The number of nitrogens with one attached hydrogen (secondary N) is 1. The first-order valence-corrected chi connectivity index (χ1v) is 6.80. The van der Waals surface area contributed by atoms with E-state index in [4.69, 9.17) is 11.6 Å². The van der Waals surface area contributed by atoms with Crippen LogP contribution in [0.1, 0.15) is 42.8 Å². The Labute approximate surface area is 110 Å². The number of thiophene rings is 1. The molecule has 94 valence electrons. The lowest BCUT2D eigenvalue weighted by molar-refractivity contribution is -0.121. The number of ketones is 1. The van der Waals surface area contributed by atoms with E-state index in [-0.39, 0.29) is 30.6 Å². The summed E-state index contributed by atoms with van der Waals surface area (Å²) < 4.78 is 0.595. The first-order chi connectivity index (χ1) is 8.02. The van der Waals surface area contributed by atoms with E-state index in [1.807, 2.05) is 13.8 Å². The van der Waals surface area contributed by atoms with Crippen LogP contribution in [0.15, 0.2) is 12.1 Å². The van der Waals surface area contributed by atoms with E-state index in [0.29, 0.717) is 9.21 Å². The normalized spacial score (nSPS) is 12.2. The average Bonchev–Trinajstić information content (AvgIpc) is 2.72. The van der Waals surface area contributed by atoms with Gasteiger partial charge in [0.15, 0.2) is 5.78 Å². The summed E-state index contributed by atoms with van der Waals surface area (Å²) in [5.74, 6) is -0.100. The number of halogens is 1. The third-order valence-electron chi connectivity index (χ3n) is 2.45. The maximum Gasteiger partial charge on any atom is 0.220 e. The zero-order chi connectivity index (χ0) is 12.8. The third kappa shape index (κ3) is 4.88. The SMILES string of the molecule is CCC(C)NC(=O)CCC(=O)c1ccc(Cl)s1. The number of amides is 1. The van der Waals surface area contributed by atoms with E-state index >= 15 is 0 Å². The summed E-state index contributed by atoms with van der Waals surface area (Å²) in [4.78, 5) is 23.8. The molecule has 1 unspecified atom stereocenters. The van der Waals surface area contributed by atoms with Crippen LogP contribution in [0.2, 0.25) is 4.34 Å². The fourth-order valence-corrected chi connectivity index (χ4v) is 2.27. The van der Waals surface area contributed by atoms with Crippen LogP contribution in [0, 0.1) is 0 Å². The van der Waals surface area contributed by atoms with Gasteiger partial charge in [-0.25, -0.2) is 0 Å². The van der Waals surface area contributed by atoms with Crippen LogP contribution >= 0.6 is 22.9 Å². The van der Waals surface area contributed by atoms with E-state index in [9.17, 15) is 9.59 Å². The van der Waals surface area contributed by atoms with Gasteiger partial charge in [0.25, 0.3) is 0 Å². The summed E-state index contributed by atoms with van der Waals surface area (Å²) in [6.07, 6.45) is 1.36. The second-order valence-electron chi connectivity index (χ2n) is 3.90. The van der Waals surface area contributed by atoms with Crippen LogP contribution in [-0.4, -0.2) is 17.7 Å². The minimum atomic E-state index is -0.0737. The molecule has 3 nitrogen and oxygen atoms in total. The Morgan fingerprint density at radius 1 is 1.41 bits per heavy atom. The van der Waals surface area contributed by atoms with Crippen molar-refractivity contribution in [1.29, 1.82) is 0 Å². The molecule has 0 saturated heterocycles. The molecule has 5 heteroatoms. The molecule has 1 rings (SSSR count). The van der Waals surface area contributed by atoms with E-state index in [2.05, 4.69) is 5.32 Å². The molecule has 1 heterocycles. The van der Waals surface area contributed by atoms with Gasteiger partial charge in [-0.3, -0.25) is 9.59 Å². The Kier molecular flexibility index (Phi) is 5.65. The lowest BCUT2D eigenvalue weighted by Crippen LogP contribution is -2.32. The molecular weight excluding hydrogens is 258 g/mol. The highest BCUT2D eigenvalue weighted by Gasteiger charge is 2.12. The van der Waals surface area contributed by atoms with Crippen molar-refractivity contribution in [3.05, 3.63) is 21.3 Å². The van der Waals surface area contributed by atoms with Gasteiger partial charge in [-0.15, -0.1) is 11.3 Å². The summed E-state index contributed by atoms with van der Waals surface area (Å²) >= 11 is 6.99. The van der Waals surface area contributed by atoms with E-state index in [1.54, 1.807) is 12.1 Å². The highest BCUT2D eigenvalue weighted by molar-refractivity contribution is 7.18. The molecule has 0 aromatic carbocycles. The molecule has 0 aliphatic rings. The predicted octanol–water partition coefficient (Wildman–Crippen LogP) is 3.28. The van der Waals surface area contributed by atoms with Crippen molar-refractivity contribution in [2.75, 3.05) is 0 Å². The van der Waals surface area contributed by atoms with Gasteiger partial charge in [-0.05, 0) is 25.5 Å². The Bertz CT molecular complexity index is 403. The lowest BCUT2D eigenvalue weighted by Gasteiger charge is -2.10. The fourth-order valence-electron chi connectivity index (χ4n) is 1.26. The Balaban J connectivity index is 2.36. The summed E-state index contributed by atoms with van der Waals surface area (Å²) in [6.45, 7) is 3.95. The van der Waals surface area contributed by atoms with Gasteiger partial charge >= 0.3 is 0 Å². The van der Waals surface area contributed by atoms with E-state index in [0.717, 1.165) is 6.42 Å². The van der Waals surface area contributed by atoms with Crippen molar-refractivity contribution in [3.63, 3.8) is 0 Å². The first kappa shape index (κ1) is 14.2. The quantitative estimate of drug-likeness (QED) is 0.809. The molecular formula is C12H16ClNO2S. The second kappa shape index (κ2) is 6.77. The van der Waals surface area contributed by atoms with Gasteiger partial charge in [0.2, 0.25) is 5.91 Å². The minimum Gasteiger partial charge on any atom is -0.354 e. The molecule has 1 N–H and O–H groups in total. The van der Waals surface area contributed by atoms with Crippen LogP contribution in [0.25, 0.3) is 0 Å². The highest BCUT2D eigenvalue weighted by atomic mass is 35.5. The van der Waals surface area contributed by atoms with Crippen molar-refractivity contribution in [1.82, 2.24) is 5.32 Å². The molecule has 1 aromatic rings. The van der Waals surface area contributed by atoms with E-state index < -0.39 is 0 Å². The summed E-state index contributed by atoms with van der Waals surface area (Å²) in [7, 11) is 0. The Morgan fingerprint density at radius 2 is 2.12 bits per heavy atom. The first-order valence-electron chi connectivity index (χ1n) is 5.60. The molecule has 0 aliphatic heterocycles. The molecule has 17 heavy (non-hydrogen) atoms. The predicted molar refractivity (Wildman–Crippen MR) is 70.8 cm³/mol. The Hall–Kier alpha value is -0.870. The monoisotopic (exact) mass is 273 g/mol. The summed E-state index contributed by atoms with van der Waals surface area (Å²) in [5.41, 5.74) is 0. The lowest BCUT2D eigenvalue weighted by atomic mass is 10.1. The standard InChI is InChI=1S/C12H16ClNO2S/c1-3-8(2)14-12(16)7-4-9(15)10-5-6-11(13)17-10/h5-6,8H,3-4,7H2,1-2H3,(H,14,16). The fraction of sp³-hybridized carbons (Fsp3) is 0.500. The molecule has 1 aromatic heterocycles. The van der Waals surface area contributed by atoms with E-state index in [1.165, 1.54) is 11.3 Å². The zero-order valence-corrected chi connectivity index (χ0v) is 11.5. The van der Waals surface area contributed by atoms with Crippen LogP contribution in [-0.2, 0) is 4.79 Å². The summed E-state index contributed by atoms with van der Waals surface area (Å²) in [5, 5.41) is 2.83. The van der Waals surface area contributed by atoms with Gasteiger partial charge in [0.05, 0.1) is 9.21 Å². The molecule has 0 radical (unpaired) electrons. The summed E-state index contributed by atoms with van der Waals surface area (Å²) in [6, 6.07) is 3.55. The third-order valence-corrected chi connectivity index (χ3v) is 3.72. The maximum absolute atomic E-state index is 11.7. The molecule has 0 saturated carbocycles. The van der Waals surface area contributed by atoms with Crippen LogP contribution in [0.5, 0.6) is 0 Å². The number of rotatable bonds is 6. The number of hydrogen-bond acceptors (Lipinski definition) is 3. The maximum atomic E-state index is 11.7. The molecule has 0 spiro atoms.